The summed E-state index contributed by atoms with van der Waals surface area (Å²) in [6.07, 6.45) is 0. The van der Waals surface area contributed by atoms with Crippen LogP contribution in [0.1, 0.15) is 12.6 Å². The molecule has 0 spiro atoms. The van der Waals surface area contributed by atoms with Gasteiger partial charge in [-0.15, -0.1) is 5.10 Å². The second-order valence-electron chi connectivity index (χ2n) is 4.14. The van der Waals surface area contributed by atoms with E-state index in [0.29, 0.717) is 17.8 Å². The van der Waals surface area contributed by atoms with Crippen LogP contribution < -0.4 is 0 Å². The Labute approximate surface area is 108 Å². The van der Waals surface area contributed by atoms with Gasteiger partial charge < -0.3 is 0 Å². The highest BCUT2D eigenvalue weighted by molar-refractivity contribution is 5.64. The van der Waals surface area contributed by atoms with Crippen LogP contribution in [0.5, 0.6) is 0 Å². The fourth-order valence-electron chi connectivity index (χ4n) is 1.68. The number of halogens is 2. The van der Waals surface area contributed by atoms with Crippen LogP contribution in [0.4, 0.5) is 8.78 Å². The molecule has 6 heteroatoms. The second-order valence-corrected chi connectivity index (χ2v) is 4.14. The van der Waals surface area contributed by atoms with E-state index in [9.17, 15) is 8.78 Å². The van der Waals surface area contributed by atoms with E-state index in [2.05, 4.69) is 16.9 Å². The van der Waals surface area contributed by atoms with Crippen molar-refractivity contribution in [3.8, 4) is 17.3 Å². The van der Waals surface area contributed by atoms with Crippen LogP contribution in [0.2, 0.25) is 0 Å². The smallest absolute Gasteiger partial charge is 0.190 e. The molecule has 0 fully saturated rings. The minimum absolute atomic E-state index is 0.0623. The number of nitriles is 1. The number of hydrogen-bond donors (Lipinski definition) is 0. The minimum Gasteiger partial charge on any atom is -0.239 e. The molecule has 0 saturated heterocycles. The van der Waals surface area contributed by atoms with Gasteiger partial charge in [-0.2, -0.15) is 5.26 Å². The van der Waals surface area contributed by atoms with Crippen LogP contribution in [-0.2, 0) is 6.54 Å². The number of hydrogen-bond acceptors (Lipinski definition) is 3. The standard InChI is InChI=1S/C13H10F2N4/c1-8(2)7-19-13(12(6-16)17-18-19)9-3-4-10(14)11(15)5-9/h3-5H,1,7H2,2H3. The lowest BCUT2D eigenvalue weighted by atomic mass is 10.1. The van der Waals surface area contributed by atoms with E-state index in [1.54, 1.807) is 6.92 Å². The van der Waals surface area contributed by atoms with Gasteiger partial charge in [-0.3, -0.25) is 0 Å². The molecular formula is C13H10F2N4. The normalized spacial score (nSPS) is 10.2. The Bertz CT molecular complexity index is 682. The number of nitrogens with zero attached hydrogens (tertiary/aromatic N) is 4. The molecule has 2 aromatic rings. The van der Waals surface area contributed by atoms with Crippen LogP contribution in [0.3, 0.4) is 0 Å². The quantitative estimate of drug-likeness (QED) is 0.797. The van der Waals surface area contributed by atoms with Gasteiger partial charge in [0.05, 0.1) is 6.54 Å². The van der Waals surface area contributed by atoms with Gasteiger partial charge in [-0.05, 0) is 25.1 Å². The molecule has 1 aromatic carbocycles. The molecule has 0 aliphatic rings. The van der Waals surface area contributed by atoms with Gasteiger partial charge in [0, 0.05) is 5.56 Å². The summed E-state index contributed by atoms with van der Waals surface area (Å²) < 4.78 is 27.7. The molecule has 19 heavy (non-hydrogen) atoms. The summed E-state index contributed by atoms with van der Waals surface area (Å²) in [6, 6.07) is 5.28. The second kappa shape index (κ2) is 4.98. The van der Waals surface area contributed by atoms with Crippen LogP contribution in [0.15, 0.2) is 30.4 Å². The molecule has 1 aromatic heterocycles. The molecular weight excluding hydrogens is 250 g/mol. The Morgan fingerprint density at radius 1 is 1.42 bits per heavy atom. The largest absolute Gasteiger partial charge is 0.239 e. The summed E-state index contributed by atoms with van der Waals surface area (Å²) in [4.78, 5) is 0. The number of benzene rings is 1. The first-order valence-electron chi connectivity index (χ1n) is 5.46. The van der Waals surface area contributed by atoms with Gasteiger partial charge in [0.1, 0.15) is 11.8 Å². The molecule has 0 aliphatic heterocycles. The highest BCUT2D eigenvalue weighted by Crippen LogP contribution is 2.24. The lowest BCUT2D eigenvalue weighted by Crippen LogP contribution is -2.04. The van der Waals surface area contributed by atoms with Crippen molar-refractivity contribution in [3.05, 3.63) is 47.7 Å². The van der Waals surface area contributed by atoms with Crippen LogP contribution in [0.25, 0.3) is 11.3 Å². The van der Waals surface area contributed by atoms with Crippen molar-refractivity contribution in [1.29, 1.82) is 5.26 Å². The van der Waals surface area contributed by atoms with E-state index in [-0.39, 0.29) is 5.69 Å². The van der Waals surface area contributed by atoms with E-state index in [1.165, 1.54) is 10.7 Å². The monoisotopic (exact) mass is 260 g/mol. The first-order chi connectivity index (χ1) is 9.02. The van der Waals surface area contributed by atoms with Gasteiger partial charge in [0.15, 0.2) is 17.3 Å². The highest BCUT2D eigenvalue weighted by atomic mass is 19.2. The predicted molar refractivity (Wildman–Crippen MR) is 64.9 cm³/mol. The Balaban J connectivity index is 2.59. The average Bonchev–Trinajstić information content (AvgIpc) is 2.74. The van der Waals surface area contributed by atoms with Crippen LogP contribution in [0, 0.1) is 23.0 Å². The molecule has 0 atom stereocenters. The van der Waals surface area contributed by atoms with Crippen molar-refractivity contribution < 1.29 is 8.78 Å². The summed E-state index contributed by atoms with van der Waals surface area (Å²) >= 11 is 0. The third-order valence-corrected chi connectivity index (χ3v) is 2.45. The highest BCUT2D eigenvalue weighted by Gasteiger charge is 2.16. The summed E-state index contributed by atoms with van der Waals surface area (Å²) in [6.45, 7) is 5.89. The van der Waals surface area contributed by atoms with Gasteiger partial charge in [0.2, 0.25) is 0 Å². The molecule has 2 rings (SSSR count). The van der Waals surface area contributed by atoms with Crippen molar-refractivity contribution in [2.24, 2.45) is 0 Å². The lowest BCUT2D eigenvalue weighted by Gasteiger charge is -2.06. The maximum Gasteiger partial charge on any atom is 0.190 e. The predicted octanol–water partition coefficient (Wildman–Crippen LogP) is 2.67. The zero-order chi connectivity index (χ0) is 14.0. The zero-order valence-corrected chi connectivity index (χ0v) is 10.2. The van der Waals surface area contributed by atoms with Gasteiger partial charge >= 0.3 is 0 Å². The zero-order valence-electron chi connectivity index (χ0n) is 10.2. The minimum atomic E-state index is -0.982. The van der Waals surface area contributed by atoms with Crippen LogP contribution >= 0.6 is 0 Å². The molecule has 0 bridgehead atoms. The maximum absolute atomic E-state index is 13.3. The third kappa shape index (κ3) is 2.50. The van der Waals surface area contributed by atoms with Gasteiger partial charge in [0.25, 0.3) is 0 Å². The van der Waals surface area contributed by atoms with E-state index in [4.69, 9.17) is 5.26 Å². The van der Waals surface area contributed by atoms with Crippen molar-refractivity contribution in [2.45, 2.75) is 13.5 Å². The molecule has 0 N–H and O–H groups in total. The molecule has 0 amide bonds. The number of rotatable bonds is 3. The topological polar surface area (TPSA) is 54.5 Å². The van der Waals surface area contributed by atoms with E-state index in [1.807, 2.05) is 6.07 Å². The van der Waals surface area contributed by atoms with E-state index in [0.717, 1.165) is 17.7 Å². The molecule has 0 radical (unpaired) electrons. The molecule has 96 valence electrons. The Morgan fingerprint density at radius 2 is 2.16 bits per heavy atom. The van der Waals surface area contributed by atoms with Crippen molar-refractivity contribution in [2.75, 3.05) is 0 Å². The molecule has 0 unspecified atom stereocenters. The van der Waals surface area contributed by atoms with Crippen LogP contribution in [-0.4, -0.2) is 15.0 Å². The first-order valence-corrected chi connectivity index (χ1v) is 5.46. The van der Waals surface area contributed by atoms with Crippen molar-refractivity contribution >= 4 is 0 Å². The van der Waals surface area contributed by atoms with E-state index < -0.39 is 11.6 Å². The molecule has 4 nitrogen and oxygen atoms in total. The van der Waals surface area contributed by atoms with Crippen molar-refractivity contribution in [1.82, 2.24) is 15.0 Å². The summed E-state index contributed by atoms with van der Waals surface area (Å²) in [7, 11) is 0. The molecule has 0 saturated carbocycles. The van der Waals surface area contributed by atoms with Crippen molar-refractivity contribution in [3.63, 3.8) is 0 Å². The van der Waals surface area contributed by atoms with Gasteiger partial charge in [-0.1, -0.05) is 17.4 Å². The number of allylic oxidation sites excluding steroid dienone is 1. The average molecular weight is 260 g/mol. The van der Waals surface area contributed by atoms with E-state index >= 15 is 0 Å². The Morgan fingerprint density at radius 3 is 2.74 bits per heavy atom. The fraction of sp³-hybridized carbons (Fsp3) is 0.154. The summed E-state index contributed by atoms with van der Waals surface area (Å²) in [5, 5.41) is 16.5. The Kier molecular flexibility index (Phi) is 3.38. The lowest BCUT2D eigenvalue weighted by molar-refractivity contribution is 0.509. The maximum atomic E-state index is 13.3. The molecule has 0 aliphatic carbocycles. The Hall–Kier alpha value is -2.55. The first kappa shape index (κ1) is 12.9. The van der Waals surface area contributed by atoms with Gasteiger partial charge in [-0.25, -0.2) is 13.5 Å². The molecule has 1 heterocycles. The summed E-state index contributed by atoms with van der Waals surface area (Å²) in [5.74, 6) is -1.93. The third-order valence-electron chi connectivity index (χ3n) is 2.45. The number of aromatic nitrogens is 3. The fourth-order valence-corrected chi connectivity index (χ4v) is 1.68. The summed E-state index contributed by atoms with van der Waals surface area (Å²) in [5.41, 5.74) is 1.57. The SMILES string of the molecule is C=C(C)Cn1nnc(C#N)c1-c1ccc(F)c(F)c1.